The van der Waals surface area contributed by atoms with Gasteiger partial charge in [-0.05, 0) is 29.3 Å². The van der Waals surface area contributed by atoms with E-state index >= 15 is 0 Å². The zero-order valence-electron chi connectivity index (χ0n) is 15.3. The first-order valence-electron chi connectivity index (χ1n) is 8.97. The number of non-ortho nitro benzene ring substituents is 1. The molecule has 6 nitrogen and oxygen atoms in total. The molecule has 0 aliphatic heterocycles. The molecule has 0 atom stereocenters. The summed E-state index contributed by atoms with van der Waals surface area (Å²) in [5.74, 6) is 0.616. The standard InChI is InChI=1S/C22H16BrN3O3/c23-17-8-6-16(7-9-17)14-25-21(12-15-4-2-1-3-5-15)24-20-11-10-18(26(28)29)13-19(20)22(25)27/h1-11,13H,12,14H2. The molecule has 1 aromatic heterocycles. The van der Waals surface area contributed by atoms with Crippen molar-refractivity contribution < 1.29 is 4.92 Å². The first kappa shape index (κ1) is 19.0. The molecule has 1 heterocycles. The number of nitrogens with zero attached hydrogens (tertiary/aromatic N) is 3. The van der Waals surface area contributed by atoms with Gasteiger partial charge in [-0.25, -0.2) is 4.98 Å². The number of nitro groups is 1. The molecule has 0 spiro atoms. The van der Waals surface area contributed by atoms with Crippen LogP contribution in [0.5, 0.6) is 0 Å². The van der Waals surface area contributed by atoms with Crippen molar-refractivity contribution >= 4 is 32.5 Å². The predicted octanol–water partition coefficient (Wildman–Crippen LogP) is 4.71. The fourth-order valence-electron chi connectivity index (χ4n) is 3.22. The molecule has 7 heteroatoms. The van der Waals surface area contributed by atoms with Gasteiger partial charge in [0.2, 0.25) is 0 Å². The molecule has 0 unspecified atom stereocenters. The van der Waals surface area contributed by atoms with Crippen LogP contribution in [0.25, 0.3) is 10.9 Å². The Bertz CT molecular complexity index is 1250. The van der Waals surface area contributed by atoms with Gasteiger partial charge in [-0.2, -0.15) is 0 Å². The van der Waals surface area contributed by atoms with Gasteiger partial charge in [0.1, 0.15) is 5.82 Å². The van der Waals surface area contributed by atoms with Crippen molar-refractivity contribution in [2.75, 3.05) is 0 Å². The summed E-state index contributed by atoms with van der Waals surface area (Å²) in [6, 6.07) is 21.7. The summed E-state index contributed by atoms with van der Waals surface area (Å²) in [5.41, 5.74) is 2.02. The molecular formula is C22H16BrN3O3. The summed E-state index contributed by atoms with van der Waals surface area (Å²) in [4.78, 5) is 28.6. The van der Waals surface area contributed by atoms with Crippen LogP contribution in [0.4, 0.5) is 5.69 Å². The topological polar surface area (TPSA) is 78.0 Å². The van der Waals surface area contributed by atoms with Crippen molar-refractivity contribution in [1.29, 1.82) is 0 Å². The van der Waals surface area contributed by atoms with Crippen LogP contribution in [-0.4, -0.2) is 14.5 Å². The molecule has 0 radical (unpaired) electrons. The lowest BCUT2D eigenvalue weighted by Crippen LogP contribution is -2.26. The van der Waals surface area contributed by atoms with Gasteiger partial charge < -0.3 is 0 Å². The molecule has 0 saturated heterocycles. The maximum Gasteiger partial charge on any atom is 0.270 e. The van der Waals surface area contributed by atoms with Gasteiger partial charge in [-0.15, -0.1) is 0 Å². The van der Waals surface area contributed by atoms with Crippen molar-refractivity contribution in [2.24, 2.45) is 0 Å². The number of benzene rings is 3. The lowest BCUT2D eigenvalue weighted by molar-refractivity contribution is -0.384. The Labute approximate surface area is 174 Å². The minimum absolute atomic E-state index is 0.123. The van der Waals surface area contributed by atoms with E-state index in [4.69, 9.17) is 0 Å². The van der Waals surface area contributed by atoms with Crippen LogP contribution in [-0.2, 0) is 13.0 Å². The van der Waals surface area contributed by atoms with Crippen LogP contribution in [0.15, 0.2) is 82.1 Å². The molecule has 4 rings (SSSR count). The SMILES string of the molecule is O=c1c2cc([N+](=O)[O-])ccc2nc(Cc2ccccc2)n1Cc1ccc(Br)cc1. The van der Waals surface area contributed by atoms with Crippen LogP contribution >= 0.6 is 15.9 Å². The highest BCUT2D eigenvalue weighted by molar-refractivity contribution is 9.10. The van der Waals surface area contributed by atoms with E-state index in [9.17, 15) is 14.9 Å². The number of hydrogen-bond acceptors (Lipinski definition) is 4. The fourth-order valence-corrected chi connectivity index (χ4v) is 3.48. The van der Waals surface area contributed by atoms with Crippen molar-refractivity contribution in [3.05, 3.63) is 115 Å². The number of rotatable bonds is 5. The van der Waals surface area contributed by atoms with Crippen molar-refractivity contribution in [3.63, 3.8) is 0 Å². The number of aromatic nitrogens is 2. The summed E-state index contributed by atoms with van der Waals surface area (Å²) in [6.45, 7) is 0.333. The van der Waals surface area contributed by atoms with Gasteiger partial charge in [0.25, 0.3) is 11.2 Å². The summed E-state index contributed by atoms with van der Waals surface area (Å²) < 4.78 is 2.55. The molecular weight excluding hydrogens is 434 g/mol. The van der Waals surface area contributed by atoms with E-state index in [-0.39, 0.29) is 16.6 Å². The van der Waals surface area contributed by atoms with E-state index < -0.39 is 4.92 Å². The molecule has 0 fully saturated rings. The molecule has 4 aromatic rings. The highest BCUT2D eigenvalue weighted by Crippen LogP contribution is 2.19. The Morgan fingerprint density at radius 3 is 2.38 bits per heavy atom. The van der Waals surface area contributed by atoms with E-state index in [1.807, 2.05) is 54.6 Å². The molecule has 0 bridgehead atoms. The molecule has 3 aromatic carbocycles. The smallest absolute Gasteiger partial charge is 0.270 e. The van der Waals surface area contributed by atoms with E-state index in [2.05, 4.69) is 20.9 Å². The summed E-state index contributed by atoms with van der Waals surface area (Å²) in [5, 5.41) is 11.4. The average molecular weight is 450 g/mol. The summed E-state index contributed by atoms with van der Waals surface area (Å²) in [6.07, 6.45) is 0.486. The summed E-state index contributed by atoms with van der Waals surface area (Å²) in [7, 11) is 0. The van der Waals surface area contributed by atoms with Gasteiger partial charge in [0.15, 0.2) is 0 Å². The Kier molecular flexibility index (Phi) is 5.22. The zero-order valence-corrected chi connectivity index (χ0v) is 16.9. The van der Waals surface area contributed by atoms with Gasteiger partial charge in [-0.1, -0.05) is 58.4 Å². The lowest BCUT2D eigenvalue weighted by Gasteiger charge is -2.14. The number of hydrogen-bond donors (Lipinski definition) is 0. The number of nitro benzene ring substituents is 1. The van der Waals surface area contributed by atoms with Gasteiger partial charge in [0, 0.05) is 23.0 Å². The predicted molar refractivity (Wildman–Crippen MR) is 115 cm³/mol. The van der Waals surface area contributed by atoms with Gasteiger partial charge in [-0.3, -0.25) is 19.5 Å². The molecule has 0 amide bonds. The molecule has 0 aliphatic carbocycles. The second-order valence-electron chi connectivity index (χ2n) is 6.67. The zero-order chi connectivity index (χ0) is 20.4. The third-order valence-corrected chi connectivity index (χ3v) is 5.22. The number of fused-ring (bicyclic) bond motifs is 1. The second kappa shape index (κ2) is 7.97. The monoisotopic (exact) mass is 449 g/mol. The molecule has 144 valence electrons. The third kappa shape index (κ3) is 4.09. The largest absolute Gasteiger partial charge is 0.291 e. The van der Waals surface area contributed by atoms with Crippen LogP contribution < -0.4 is 5.56 Å². The Hall–Kier alpha value is -3.32. The normalized spacial score (nSPS) is 10.9. The molecule has 0 N–H and O–H groups in total. The Morgan fingerprint density at radius 1 is 0.966 bits per heavy atom. The van der Waals surface area contributed by atoms with Crippen molar-refractivity contribution in [3.8, 4) is 0 Å². The number of halogens is 1. The molecule has 0 saturated carbocycles. The van der Waals surface area contributed by atoms with E-state index in [1.54, 1.807) is 4.57 Å². The second-order valence-corrected chi connectivity index (χ2v) is 7.58. The van der Waals surface area contributed by atoms with Crippen LogP contribution in [0.2, 0.25) is 0 Å². The maximum atomic E-state index is 13.3. The van der Waals surface area contributed by atoms with Crippen molar-refractivity contribution in [1.82, 2.24) is 9.55 Å². The Balaban J connectivity index is 1.88. The van der Waals surface area contributed by atoms with E-state index in [0.29, 0.717) is 24.3 Å². The van der Waals surface area contributed by atoms with Crippen LogP contribution in [0, 0.1) is 10.1 Å². The maximum absolute atomic E-state index is 13.3. The quantitative estimate of drug-likeness (QED) is 0.326. The van der Waals surface area contributed by atoms with Gasteiger partial charge >= 0.3 is 0 Å². The van der Waals surface area contributed by atoms with Crippen LogP contribution in [0.3, 0.4) is 0 Å². The minimum Gasteiger partial charge on any atom is -0.291 e. The van der Waals surface area contributed by atoms with Gasteiger partial charge in [0.05, 0.1) is 22.4 Å². The molecule has 0 aliphatic rings. The van der Waals surface area contributed by atoms with E-state index in [0.717, 1.165) is 15.6 Å². The third-order valence-electron chi connectivity index (χ3n) is 4.69. The lowest BCUT2D eigenvalue weighted by atomic mass is 10.1. The first-order chi connectivity index (χ1) is 14.0. The highest BCUT2D eigenvalue weighted by atomic mass is 79.9. The van der Waals surface area contributed by atoms with Crippen molar-refractivity contribution in [2.45, 2.75) is 13.0 Å². The summed E-state index contributed by atoms with van der Waals surface area (Å²) >= 11 is 3.41. The minimum atomic E-state index is -0.504. The first-order valence-corrected chi connectivity index (χ1v) is 9.77. The molecule has 29 heavy (non-hydrogen) atoms. The van der Waals surface area contributed by atoms with E-state index in [1.165, 1.54) is 18.2 Å². The average Bonchev–Trinajstić information content (AvgIpc) is 2.73. The van der Waals surface area contributed by atoms with Crippen LogP contribution in [0.1, 0.15) is 17.0 Å². The highest BCUT2D eigenvalue weighted by Gasteiger charge is 2.15. The fraction of sp³-hybridized carbons (Fsp3) is 0.0909. The Morgan fingerprint density at radius 2 is 1.69 bits per heavy atom.